The van der Waals surface area contributed by atoms with Crippen molar-refractivity contribution < 1.29 is 23.8 Å². The van der Waals surface area contributed by atoms with Gasteiger partial charge < -0.3 is 24.8 Å². The van der Waals surface area contributed by atoms with Crippen LogP contribution in [0, 0.1) is 11.8 Å². The van der Waals surface area contributed by atoms with Crippen molar-refractivity contribution >= 4 is 11.8 Å². The molecule has 27 heavy (non-hydrogen) atoms. The highest BCUT2D eigenvalue weighted by molar-refractivity contribution is 5.81. The first-order chi connectivity index (χ1) is 13.1. The van der Waals surface area contributed by atoms with Crippen LogP contribution in [0.5, 0.6) is 11.5 Å². The summed E-state index contributed by atoms with van der Waals surface area (Å²) in [5, 5.41) is 5.87. The minimum atomic E-state index is -0.0341. The van der Waals surface area contributed by atoms with Gasteiger partial charge in [0, 0.05) is 32.0 Å². The Hall–Kier alpha value is -2.28. The molecule has 0 bridgehead atoms. The Balaban J connectivity index is 1.77. The summed E-state index contributed by atoms with van der Waals surface area (Å²) in [6.45, 7) is 1.48. The van der Waals surface area contributed by atoms with Gasteiger partial charge in [0.2, 0.25) is 11.8 Å². The fourth-order valence-corrected chi connectivity index (χ4v) is 3.36. The maximum Gasteiger partial charge on any atom is 0.223 e. The van der Waals surface area contributed by atoms with E-state index in [0.717, 1.165) is 31.2 Å². The average Bonchev–Trinajstić information content (AvgIpc) is 2.71. The number of rotatable bonds is 9. The molecule has 0 saturated heterocycles. The molecule has 1 aliphatic carbocycles. The van der Waals surface area contributed by atoms with Crippen LogP contribution in [0.3, 0.4) is 0 Å². The SMILES string of the molecule is COCCNC(=O)C1CCC(C(=O)NCc2ccc(OC)c(OC)c2)CC1. The monoisotopic (exact) mass is 378 g/mol. The van der Waals surface area contributed by atoms with E-state index in [1.165, 1.54) is 0 Å². The lowest BCUT2D eigenvalue weighted by Gasteiger charge is -2.27. The highest BCUT2D eigenvalue weighted by Crippen LogP contribution is 2.30. The van der Waals surface area contributed by atoms with Crippen LogP contribution in [-0.2, 0) is 20.9 Å². The first-order valence-corrected chi connectivity index (χ1v) is 9.34. The first kappa shape index (κ1) is 21.0. The lowest BCUT2D eigenvalue weighted by atomic mass is 9.81. The number of hydrogen-bond acceptors (Lipinski definition) is 5. The molecule has 0 aliphatic heterocycles. The van der Waals surface area contributed by atoms with Crippen molar-refractivity contribution in [1.29, 1.82) is 0 Å². The molecule has 150 valence electrons. The molecule has 0 aromatic heterocycles. The predicted octanol–water partition coefficient (Wildman–Crippen LogP) is 1.89. The Morgan fingerprint density at radius 2 is 1.52 bits per heavy atom. The quantitative estimate of drug-likeness (QED) is 0.641. The van der Waals surface area contributed by atoms with Crippen LogP contribution in [0.1, 0.15) is 31.2 Å². The van der Waals surface area contributed by atoms with Crippen LogP contribution < -0.4 is 20.1 Å². The van der Waals surface area contributed by atoms with Gasteiger partial charge in [-0.15, -0.1) is 0 Å². The van der Waals surface area contributed by atoms with E-state index in [1.54, 1.807) is 21.3 Å². The number of ether oxygens (including phenoxy) is 3. The zero-order valence-corrected chi connectivity index (χ0v) is 16.4. The van der Waals surface area contributed by atoms with Gasteiger partial charge in [0.15, 0.2) is 11.5 Å². The van der Waals surface area contributed by atoms with E-state index in [1.807, 2.05) is 18.2 Å². The highest BCUT2D eigenvalue weighted by Gasteiger charge is 2.29. The molecule has 0 unspecified atom stereocenters. The summed E-state index contributed by atoms with van der Waals surface area (Å²) < 4.78 is 15.4. The number of benzene rings is 1. The lowest BCUT2D eigenvalue weighted by molar-refractivity contribution is -0.130. The van der Waals surface area contributed by atoms with Crippen molar-refractivity contribution in [1.82, 2.24) is 10.6 Å². The summed E-state index contributed by atoms with van der Waals surface area (Å²) in [4.78, 5) is 24.5. The molecule has 0 radical (unpaired) electrons. The van der Waals surface area contributed by atoms with Crippen molar-refractivity contribution in [2.24, 2.45) is 11.8 Å². The third kappa shape index (κ3) is 6.13. The normalized spacial score (nSPS) is 19.2. The van der Waals surface area contributed by atoms with Crippen molar-refractivity contribution in [3.05, 3.63) is 23.8 Å². The van der Waals surface area contributed by atoms with Gasteiger partial charge in [-0.1, -0.05) is 6.07 Å². The van der Waals surface area contributed by atoms with Gasteiger partial charge in [-0.05, 0) is 43.4 Å². The molecule has 2 amide bonds. The third-order valence-electron chi connectivity index (χ3n) is 4.99. The van der Waals surface area contributed by atoms with Gasteiger partial charge in [0.05, 0.1) is 20.8 Å². The fraction of sp³-hybridized carbons (Fsp3) is 0.600. The Labute approximate surface area is 160 Å². The van der Waals surface area contributed by atoms with Crippen molar-refractivity contribution in [2.75, 3.05) is 34.5 Å². The second kappa shape index (κ2) is 10.8. The Morgan fingerprint density at radius 1 is 0.926 bits per heavy atom. The molecule has 0 atom stereocenters. The first-order valence-electron chi connectivity index (χ1n) is 9.34. The zero-order chi connectivity index (χ0) is 19.6. The predicted molar refractivity (Wildman–Crippen MR) is 102 cm³/mol. The van der Waals surface area contributed by atoms with Gasteiger partial charge in [-0.3, -0.25) is 9.59 Å². The second-order valence-corrected chi connectivity index (χ2v) is 6.74. The van der Waals surface area contributed by atoms with Crippen molar-refractivity contribution in [3.63, 3.8) is 0 Å². The van der Waals surface area contributed by atoms with Gasteiger partial charge in [-0.2, -0.15) is 0 Å². The molecule has 2 N–H and O–H groups in total. The van der Waals surface area contributed by atoms with Gasteiger partial charge in [0.25, 0.3) is 0 Å². The minimum absolute atomic E-state index is 0.00300. The van der Waals surface area contributed by atoms with Crippen molar-refractivity contribution in [2.45, 2.75) is 32.2 Å². The van der Waals surface area contributed by atoms with E-state index < -0.39 is 0 Å². The van der Waals surface area contributed by atoms with E-state index in [9.17, 15) is 9.59 Å². The largest absolute Gasteiger partial charge is 0.493 e. The average molecular weight is 378 g/mol. The molecule has 2 rings (SSSR count). The fourth-order valence-electron chi connectivity index (χ4n) is 3.36. The minimum Gasteiger partial charge on any atom is -0.493 e. The molecule has 0 spiro atoms. The van der Waals surface area contributed by atoms with E-state index in [0.29, 0.717) is 31.2 Å². The maximum absolute atomic E-state index is 12.5. The molecule has 7 heteroatoms. The topological polar surface area (TPSA) is 85.9 Å². The van der Waals surface area contributed by atoms with E-state index in [-0.39, 0.29) is 23.7 Å². The third-order valence-corrected chi connectivity index (χ3v) is 4.99. The van der Waals surface area contributed by atoms with Crippen molar-refractivity contribution in [3.8, 4) is 11.5 Å². The number of carbonyl (C=O) groups excluding carboxylic acids is 2. The number of methoxy groups -OCH3 is 3. The molecular formula is C20H30N2O5. The Kier molecular flexibility index (Phi) is 8.39. The number of carbonyl (C=O) groups is 2. The lowest BCUT2D eigenvalue weighted by Crippen LogP contribution is -2.38. The summed E-state index contributed by atoms with van der Waals surface area (Å²) >= 11 is 0. The summed E-state index contributed by atoms with van der Waals surface area (Å²) in [7, 11) is 4.79. The molecule has 7 nitrogen and oxygen atoms in total. The van der Waals surface area contributed by atoms with Crippen LogP contribution in [0.4, 0.5) is 0 Å². The Bertz CT molecular complexity index is 627. The molecule has 1 aliphatic rings. The summed E-state index contributed by atoms with van der Waals surface area (Å²) in [5.41, 5.74) is 0.951. The molecule has 1 fully saturated rings. The smallest absolute Gasteiger partial charge is 0.223 e. The number of nitrogens with one attached hydrogen (secondary N) is 2. The van der Waals surface area contributed by atoms with Crippen LogP contribution >= 0.6 is 0 Å². The maximum atomic E-state index is 12.5. The van der Waals surface area contributed by atoms with Gasteiger partial charge in [-0.25, -0.2) is 0 Å². The molecule has 1 aromatic carbocycles. The zero-order valence-electron chi connectivity index (χ0n) is 16.4. The van der Waals surface area contributed by atoms with Crippen LogP contribution in [0.25, 0.3) is 0 Å². The van der Waals surface area contributed by atoms with Gasteiger partial charge in [0.1, 0.15) is 0 Å². The summed E-state index contributed by atoms with van der Waals surface area (Å²) in [6.07, 6.45) is 2.96. The van der Waals surface area contributed by atoms with Crippen LogP contribution in [-0.4, -0.2) is 46.3 Å². The Morgan fingerprint density at radius 3 is 2.07 bits per heavy atom. The number of amides is 2. The highest BCUT2D eigenvalue weighted by atomic mass is 16.5. The van der Waals surface area contributed by atoms with Crippen LogP contribution in [0.15, 0.2) is 18.2 Å². The molecular weight excluding hydrogens is 348 g/mol. The summed E-state index contributed by atoms with van der Waals surface area (Å²) in [6, 6.07) is 5.59. The van der Waals surface area contributed by atoms with E-state index in [2.05, 4.69) is 10.6 Å². The molecule has 0 heterocycles. The van der Waals surface area contributed by atoms with E-state index >= 15 is 0 Å². The van der Waals surface area contributed by atoms with Crippen LogP contribution in [0.2, 0.25) is 0 Å². The molecule has 1 saturated carbocycles. The van der Waals surface area contributed by atoms with Gasteiger partial charge >= 0.3 is 0 Å². The standard InChI is InChI=1S/C20H30N2O5/c1-25-11-10-21-19(23)15-5-7-16(8-6-15)20(24)22-13-14-4-9-17(26-2)18(12-14)27-3/h4,9,12,15-16H,5-8,10-11,13H2,1-3H3,(H,21,23)(H,22,24). The molecule has 1 aromatic rings. The second-order valence-electron chi connectivity index (χ2n) is 6.74. The summed E-state index contributed by atoms with van der Waals surface area (Å²) in [5.74, 6) is 1.38. The van der Waals surface area contributed by atoms with E-state index in [4.69, 9.17) is 14.2 Å². The number of hydrogen-bond donors (Lipinski definition) is 2.